The van der Waals surface area contributed by atoms with E-state index in [1.807, 2.05) is 0 Å². The van der Waals surface area contributed by atoms with E-state index in [4.69, 9.17) is 23.4 Å². The quantitative estimate of drug-likeness (QED) is 0.154. The van der Waals surface area contributed by atoms with Crippen molar-refractivity contribution >= 4 is 11.0 Å². The molecule has 3 heterocycles. The largest absolute Gasteiger partial charge is 0.508 e. The highest BCUT2D eigenvalue weighted by atomic mass is 16.7. The van der Waals surface area contributed by atoms with E-state index in [-0.39, 0.29) is 28.4 Å². The van der Waals surface area contributed by atoms with Crippen LogP contribution >= 0.6 is 0 Å². The van der Waals surface area contributed by atoms with E-state index in [2.05, 4.69) is 0 Å². The SMILES string of the molecule is C[C@@H]1O[C@@H](Oc2cc(O)c3c(=O)c(OC4O[C@@H](CO)[C@H](O)[C@@H](O)[C@@H]4O)c(-c4ccc(O)cc4)oc3c2)[C@H](O)[C@H](O)[C@@H]1O. The third-order valence-corrected chi connectivity index (χ3v) is 7.18. The second-order valence-corrected chi connectivity index (χ2v) is 10.1. The lowest BCUT2D eigenvalue weighted by Gasteiger charge is -2.39. The Kier molecular flexibility index (Phi) is 8.30. The van der Waals surface area contributed by atoms with Gasteiger partial charge >= 0.3 is 0 Å². The molecule has 1 aromatic heterocycles. The van der Waals surface area contributed by atoms with Crippen molar-refractivity contribution in [1.82, 2.24) is 0 Å². The summed E-state index contributed by atoms with van der Waals surface area (Å²) >= 11 is 0. The van der Waals surface area contributed by atoms with Crippen LogP contribution in [-0.4, -0.2) is 114 Å². The highest BCUT2D eigenvalue weighted by Crippen LogP contribution is 2.38. The van der Waals surface area contributed by atoms with Crippen LogP contribution in [0.2, 0.25) is 0 Å². The summed E-state index contributed by atoms with van der Waals surface area (Å²) in [7, 11) is 0. The van der Waals surface area contributed by atoms with Gasteiger partial charge in [0.25, 0.3) is 0 Å². The first-order valence-electron chi connectivity index (χ1n) is 12.9. The Bertz CT molecular complexity index is 1470. The average Bonchev–Trinajstić information content (AvgIpc) is 2.96. The standard InChI is InChI=1S/C27H30O15/c1-9-17(31)20(34)22(36)26(38-9)39-12-6-13(30)16-14(7-12)40-24(10-2-4-11(29)5-3-10)25(19(16)33)42-27-23(37)21(35)18(32)15(8-28)41-27/h2-7,9,15,17-18,20-23,26-32,34-37H,8H2,1H3/t9-,15-,17+,18-,20+,21+,22+,23-,26-,27?/m0/s1. The lowest BCUT2D eigenvalue weighted by Crippen LogP contribution is -2.60. The Hall–Kier alpha value is -3.51. The molecule has 0 aliphatic carbocycles. The van der Waals surface area contributed by atoms with Crippen molar-refractivity contribution in [3.8, 4) is 34.3 Å². The maximum Gasteiger partial charge on any atom is 0.239 e. The molecule has 0 spiro atoms. The minimum atomic E-state index is -1.87. The first kappa shape index (κ1) is 30.0. The summed E-state index contributed by atoms with van der Waals surface area (Å²) < 4.78 is 28.0. The van der Waals surface area contributed by atoms with Crippen LogP contribution in [0.4, 0.5) is 0 Å². The van der Waals surface area contributed by atoms with Gasteiger partial charge in [0.15, 0.2) is 5.76 Å². The third kappa shape index (κ3) is 5.37. The number of phenolic OH excluding ortho intramolecular Hbond substituents is 2. The number of aromatic hydroxyl groups is 2. The number of fused-ring (bicyclic) bond motifs is 1. The van der Waals surface area contributed by atoms with E-state index in [1.54, 1.807) is 0 Å². The van der Waals surface area contributed by atoms with Gasteiger partial charge in [-0.2, -0.15) is 0 Å². The summed E-state index contributed by atoms with van der Waals surface area (Å²) in [4.78, 5) is 13.7. The second-order valence-electron chi connectivity index (χ2n) is 10.1. The van der Waals surface area contributed by atoms with Crippen molar-refractivity contribution in [2.45, 2.75) is 68.3 Å². The Morgan fingerprint density at radius 1 is 0.786 bits per heavy atom. The van der Waals surface area contributed by atoms with E-state index in [0.717, 1.165) is 6.07 Å². The maximum absolute atomic E-state index is 13.7. The van der Waals surface area contributed by atoms with E-state index >= 15 is 0 Å². The van der Waals surface area contributed by atoms with Crippen molar-refractivity contribution in [2.24, 2.45) is 0 Å². The number of hydrogen-bond donors (Lipinski definition) is 9. The van der Waals surface area contributed by atoms with Crippen molar-refractivity contribution in [3.63, 3.8) is 0 Å². The van der Waals surface area contributed by atoms with E-state index in [0.29, 0.717) is 0 Å². The lowest BCUT2D eigenvalue weighted by molar-refractivity contribution is -0.277. The van der Waals surface area contributed by atoms with Crippen LogP contribution < -0.4 is 14.9 Å². The van der Waals surface area contributed by atoms with Crippen molar-refractivity contribution < 1.29 is 69.3 Å². The van der Waals surface area contributed by atoms with Crippen LogP contribution in [-0.2, 0) is 9.47 Å². The Balaban J connectivity index is 1.58. The third-order valence-electron chi connectivity index (χ3n) is 7.18. The van der Waals surface area contributed by atoms with Gasteiger partial charge in [-0.3, -0.25) is 4.79 Å². The fourth-order valence-corrected chi connectivity index (χ4v) is 4.76. The van der Waals surface area contributed by atoms with Crippen LogP contribution in [0.5, 0.6) is 23.0 Å². The molecular formula is C27H30O15. The Morgan fingerprint density at radius 2 is 1.40 bits per heavy atom. The van der Waals surface area contributed by atoms with E-state index in [1.165, 1.54) is 37.3 Å². The molecule has 0 radical (unpaired) electrons. The topological polar surface area (TPSA) is 249 Å². The number of rotatable bonds is 6. The minimum absolute atomic E-state index is 0.112. The van der Waals surface area contributed by atoms with Gasteiger partial charge in [-0.15, -0.1) is 0 Å². The number of aliphatic hydroxyl groups excluding tert-OH is 7. The molecule has 9 N–H and O–H groups in total. The van der Waals surface area contributed by atoms with Crippen molar-refractivity contribution in [1.29, 1.82) is 0 Å². The molecule has 228 valence electrons. The predicted octanol–water partition coefficient (Wildman–Crippen LogP) is -1.74. The summed E-state index contributed by atoms with van der Waals surface area (Å²) in [6, 6.07) is 7.53. The van der Waals surface area contributed by atoms with Crippen LogP contribution in [0.15, 0.2) is 45.6 Å². The minimum Gasteiger partial charge on any atom is -0.508 e. The molecule has 2 aliphatic rings. The molecule has 2 fully saturated rings. The number of benzene rings is 2. The number of ether oxygens (including phenoxy) is 4. The molecule has 5 rings (SSSR count). The molecule has 1 unspecified atom stereocenters. The first-order valence-corrected chi connectivity index (χ1v) is 12.9. The van der Waals surface area contributed by atoms with Gasteiger partial charge in [0.05, 0.1) is 12.7 Å². The number of phenols is 2. The highest BCUT2D eigenvalue weighted by Gasteiger charge is 2.46. The molecule has 0 bridgehead atoms. The monoisotopic (exact) mass is 594 g/mol. The van der Waals surface area contributed by atoms with Gasteiger partial charge in [-0.1, -0.05) is 0 Å². The Labute approximate surface area is 236 Å². The fraction of sp³-hybridized carbons (Fsp3) is 0.444. The zero-order chi connectivity index (χ0) is 30.5. The number of hydrogen-bond acceptors (Lipinski definition) is 15. The number of aliphatic hydroxyl groups is 7. The van der Waals surface area contributed by atoms with Gasteiger partial charge in [-0.05, 0) is 31.2 Å². The molecular weight excluding hydrogens is 564 g/mol. The average molecular weight is 595 g/mol. The Morgan fingerprint density at radius 3 is 2.05 bits per heavy atom. The zero-order valence-corrected chi connectivity index (χ0v) is 21.9. The smallest absolute Gasteiger partial charge is 0.239 e. The summed E-state index contributed by atoms with van der Waals surface area (Å²) in [5.74, 6) is -1.77. The molecule has 2 aliphatic heterocycles. The van der Waals surface area contributed by atoms with Crippen LogP contribution in [0.3, 0.4) is 0 Å². The molecule has 2 saturated heterocycles. The molecule has 10 atom stereocenters. The molecule has 2 aromatic carbocycles. The highest BCUT2D eigenvalue weighted by molar-refractivity contribution is 5.88. The fourth-order valence-electron chi connectivity index (χ4n) is 4.76. The van der Waals surface area contributed by atoms with Crippen molar-refractivity contribution in [3.05, 3.63) is 46.6 Å². The molecule has 15 nitrogen and oxygen atoms in total. The summed E-state index contributed by atoms with van der Waals surface area (Å²) in [6.45, 7) is 0.702. The van der Waals surface area contributed by atoms with Crippen LogP contribution in [0, 0.1) is 0 Å². The predicted molar refractivity (Wildman–Crippen MR) is 139 cm³/mol. The summed E-state index contributed by atoms with van der Waals surface area (Å²) in [5, 5.41) is 90.7. The first-order chi connectivity index (χ1) is 19.9. The zero-order valence-electron chi connectivity index (χ0n) is 21.9. The molecule has 0 saturated carbocycles. The molecule has 15 heteroatoms. The molecule has 42 heavy (non-hydrogen) atoms. The molecule has 0 amide bonds. The van der Waals surface area contributed by atoms with Gasteiger partial charge in [0.2, 0.25) is 23.8 Å². The maximum atomic E-state index is 13.7. The van der Waals surface area contributed by atoms with Gasteiger partial charge in [0, 0.05) is 17.7 Å². The van der Waals surface area contributed by atoms with Crippen molar-refractivity contribution in [2.75, 3.05) is 6.61 Å². The summed E-state index contributed by atoms with van der Waals surface area (Å²) in [5.41, 5.74) is -1.01. The van der Waals surface area contributed by atoms with Gasteiger partial charge in [-0.25, -0.2) is 0 Å². The lowest BCUT2D eigenvalue weighted by atomic mass is 9.99. The van der Waals surface area contributed by atoms with E-state index in [9.17, 15) is 50.8 Å². The molecule has 3 aromatic rings. The van der Waals surface area contributed by atoms with E-state index < -0.39 is 90.3 Å². The normalized spacial score (nSPS) is 33.4. The summed E-state index contributed by atoms with van der Waals surface area (Å²) in [6.07, 6.45) is -15.5. The van der Waals surface area contributed by atoms with Crippen LogP contribution in [0.25, 0.3) is 22.3 Å². The second kappa shape index (κ2) is 11.6. The van der Waals surface area contributed by atoms with Gasteiger partial charge in [0.1, 0.15) is 70.9 Å². The van der Waals surface area contributed by atoms with Crippen LogP contribution in [0.1, 0.15) is 6.92 Å². The van der Waals surface area contributed by atoms with Gasteiger partial charge < -0.3 is 69.3 Å².